The number of anilines is 1. The van der Waals surface area contributed by atoms with Crippen molar-refractivity contribution < 1.29 is 58.2 Å². The van der Waals surface area contributed by atoms with Gasteiger partial charge in [0.25, 0.3) is 0 Å². The number of nitrogens with zero attached hydrogens (tertiary/aromatic N) is 2. The number of aromatic nitrogens is 2. The normalized spacial score (nSPS) is 10.0. The molecule has 0 saturated heterocycles. The van der Waals surface area contributed by atoms with Gasteiger partial charge in [0, 0.05) is 12.2 Å². The summed E-state index contributed by atoms with van der Waals surface area (Å²) in [5, 5.41) is 3.31. The van der Waals surface area contributed by atoms with Crippen LogP contribution in [0.15, 0.2) is 55.1 Å². The van der Waals surface area contributed by atoms with Gasteiger partial charge in [-0.2, -0.15) is 0 Å². The molecular weight excluding hydrogens is 320 g/mol. The van der Waals surface area contributed by atoms with Crippen LogP contribution in [0, 0.1) is 0 Å². The summed E-state index contributed by atoms with van der Waals surface area (Å²) in [4.78, 5) is 8.94. The fourth-order valence-electron chi connectivity index (χ4n) is 1.95. The minimum Gasteiger partial charge on any atom is -0.438 e. The molecule has 4 heteroatoms. The third-order valence-corrected chi connectivity index (χ3v) is 2.98. The van der Waals surface area contributed by atoms with Gasteiger partial charge in [0.1, 0.15) is 0 Å². The van der Waals surface area contributed by atoms with Crippen LogP contribution in [0.2, 0.25) is 0 Å². The molecule has 94 valence electrons. The van der Waals surface area contributed by atoms with Crippen molar-refractivity contribution in [3.05, 3.63) is 66.5 Å². The predicted octanol–water partition coefficient (Wildman–Crippen LogP) is 0.451. The fourth-order valence-corrected chi connectivity index (χ4v) is 1.95. The quantitative estimate of drug-likeness (QED) is 0.753. The number of fused-ring (bicyclic) bond motifs is 1. The average molecular weight is 334 g/mol. The predicted molar refractivity (Wildman–Crippen MR) is 78.9 cm³/mol. The minimum atomic E-state index is 0. The Bertz CT molecular complexity index is 668. The Balaban J connectivity index is 0.00000147. The van der Waals surface area contributed by atoms with E-state index < -0.39 is 0 Å². The van der Waals surface area contributed by atoms with E-state index in [1.165, 1.54) is 0 Å². The molecule has 0 aliphatic carbocycles. The van der Waals surface area contributed by atoms with Gasteiger partial charge < -0.3 is 15.3 Å². The van der Waals surface area contributed by atoms with Crippen molar-refractivity contribution in [3.8, 4) is 0 Å². The zero-order valence-corrected chi connectivity index (χ0v) is 16.4. The number of imidazole rings is 1. The van der Waals surface area contributed by atoms with Gasteiger partial charge in [0.15, 0.2) is 0 Å². The molecule has 0 amide bonds. The summed E-state index contributed by atoms with van der Waals surface area (Å²) in [6.07, 6.45) is 1.83. The van der Waals surface area contributed by atoms with E-state index in [1.54, 1.807) is 0 Å². The van der Waals surface area contributed by atoms with Crippen molar-refractivity contribution in [1.29, 1.82) is 0 Å². The summed E-state index contributed by atoms with van der Waals surface area (Å²) in [7, 11) is 0. The summed E-state index contributed by atoms with van der Waals surface area (Å²) >= 11 is 0. The SMILES string of the molecule is C=Cc1ccc(NCc2nc3ccccc3[n-]2)cc1.[Rb+]. The van der Waals surface area contributed by atoms with Crippen LogP contribution in [-0.4, -0.2) is 4.98 Å². The summed E-state index contributed by atoms with van der Waals surface area (Å²) in [5.41, 5.74) is 4.06. The Morgan fingerprint density at radius 1 is 1.10 bits per heavy atom. The van der Waals surface area contributed by atoms with Crippen molar-refractivity contribution >= 4 is 22.8 Å². The van der Waals surface area contributed by atoms with Crippen LogP contribution in [0.3, 0.4) is 0 Å². The van der Waals surface area contributed by atoms with E-state index in [0.29, 0.717) is 6.54 Å². The Labute approximate surface area is 167 Å². The van der Waals surface area contributed by atoms with Gasteiger partial charge in [-0.05, 0) is 28.7 Å². The zero-order chi connectivity index (χ0) is 13.1. The van der Waals surface area contributed by atoms with E-state index in [4.69, 9.17) is 0 Å². The first kappa shape index (κ1) is 15.6. The fraction of sp³-hybridized carbons (Fsp3) is 0.0625. The van der Waals surface area contributed by atoms with Crippen molar-refractivity contribution in [3.63, 3.8) is 0 Å². The van der Waals surface area contributed by atoms with Crippen LogP contribution >= 0.6 is 0 Å². The van der Waals surface area contributed by atoms with Crippen molar-refractivity contribution in [2.75, 3.05) is 5.32 Å². The maximum atomic E-state index is 4.47. The first-order valence-electron chi connectivity index (χ1n) is 6.20. The Morgan fingerprint density at radius 2 is 1.85 bits per heavy atom. The second kappa shape index (κ2) is 7.32. The van der Waals surface area contributed by atoms with Gasteiger partial charge in [-0.15, -0.1) is 0 Å². The van der Waals surface area contributed by atoms with Crippen molar-refractivity contribution in [1.82, 2.24) is 9.97 Å². The molecular formula is C16H14N3Rb. The Hall–Kier alpha value is -0.745. The first-order valence-corrected chi connectivity index (χ1v) is 6.20. The Morgan fingerprint density at radius 3 is 2.55 bits per heavy atom. The molecule has 3 rings (SSSR count). The molecule has 0 spiro atoms. The second-order valence-electron chi connectivity index (χ2n) is 4.31. The van der Waals surface area contributed by atoms with E-state index in [0.717, 1.165) is 28.1 Å². The molecule has 2 aromatic carbocycles. The smallest absolute Gasteiger partial charge is 0.438 e. The molecule has 3 nitrogen and oxygen atoms in total. The summed E-state index contributed by atoms with van der Waals surface area (Å²) in [6, 6.07) is 16.0. The standard InChI is InChI=1S/C16H14N3.Rb/c1-2-12-7-9-13(10-8-12)17-11-16-18-14-5-3-4-6-15(14)19-16;/h2-10,17H,1,11H2;/q-1;+1. The molecule has 0 unspecified atom stereocenters. The molecule has 20 heavy (non-hydrogen) atoms. The molecule has 3 aromatic rings. The molecule has 0 aliphatic heterocycles. The van der Waals surface area contributed by atoms with E-state index >= 15 is 0 Å². The second-order valence-corrected chi connectivity index (χ2v) is 4.31. The summed E-state index contributed by atoms with van der Waals surface area (Å²) in [6.45, 7) is 4.37. The molecule has 0 saturated carbocycles. The van der Waals surface area contributed by atoms with E-state index in [-0.39, 0.29) is 58.2 Å². The third-order valence-electron chi connectivity index (χ3n) is 2.98. The number of para-hydroxylation sites is 2. The third kappa shape index (κ3) is 3.67. The van der Waals surface area contributed by atoms with Gasteiger partial charge >= 0.3 is 58.2 Å². The van der Waals surface area contributed by atoms with Gasteiger partial charge in [0.05, 0.1) is 0 Å². The molecule has 1 N–H and O–H groups in total. The molecule has 1 heterocycles. The van der Waals surface area contributed by atoms with E-state index in [2.05, 4.69) is 21.9 Å². The van der Waals surface area contributed by atoms with E-state index in [9.17, 15) is 0 Å². The van der Waals surface area contributed by atoms with Crippen LogP contribution in [0.4, 0.5) is 5.69 Å². The largest absolute Gasteiger partial charge is 1.00 e. The van der Waals surface area contributed by atoms with Gasteiger partial charge in [0.2, 0.25) is 0 Å². The number of benzene rings is 2. The van der Waals surface area contributed by atoms with Crippen LogP contribution < -0.4 is 68.5 Å². The number of hydrogen-bond donors (Lipinski definition) is 1. The van der Waals surface area contributed by atoms with E-state index in [1.807, 2.05) is 54.6 Å². The molecule has 1 aromatic heterocycles. The maximum Gasteiger partial charge on any atom is 1.00 e. The van der Waals surface area contributed by atoms with Crippen molar-refractivity contribution in [2.45, 2.75) is 6.54 Å². The molecule has 0 fully saturated rings. The van der Waals surface area contributed by atoms with Gasteiger partial charge in [-0.3, -0.25) is 0 Å². The molecule has 0 bridgehead atoms. The zero-order valence-electron chi connectivity index (χ0n) is 11.5. The van der Waals surface area contributed by atoms with Crippen LogP contribution in [0.25, 0.3) is 17.1 Å². The number of hydrogen-bond acceptors (Lipinski definition) is 2. The molecule has 0 atom stereocenters. The minimum absolute atomic E-state index is 0. The van der Waals surface area contributed by atoms with Crippen LogP contribution in [-0.2, 0) is 6.54 Å². The van der Waals surface area contributed by atoms with Gasteiger partial charge in [-0.1, -0.05) is 54.9 Å². The maximum absolute atomic E-state index is 4.47. The monoisotopic (exact) mass is 333 g/mol. The first-order chi connectivity index (χ1) is 9.35. The Kier molecular flexibility index (Phi) is 5.72. The molecule has 0 radical (unpaired) electrons. The van der Waals surface area contributed by atoms with Crippen LogP contribution in [0.5, 0.6) is 0 Å². The average Bonchev–Trinajstić information content (AvgIpc) is 2.88. The van der Waals surface area contributed by atoms with Gasteiger partial charge in [-0.25, -0.2) is 0 Å². The molecule has 0 aliphatic rings. The van der Waals surface area contributed by atoms with Crippen molar-refractivity contribution in [2.24, 2.45) is 0 Å². The number of nitrogens with one attached hydrogen (secondary N) is 1. The summed E-state index contributed by atoms with van der Waals surface area (Å²) < 4.78 is 0. The summed E-state index contributed by atoms with van der Waals surface area (Å²) in [5.74, 6) is 0.814. The van der Waals surface area contributed by atoms with Crippen LogP contribution in [0.1, 0.15) is 11.4 Å². The number of rotatable bonds is 4. The topological polar surface area (TPSA) is 39.0 Å².